The Labute approximate surface area is 192 Å². The maximum atomic E-state index is 12.6. The number of nitrogens with zero attached hydrogens (tertiary/aromatic N) is 6. The van der Waals surface area contributed by atoms with Crippen molar-refractivity contribution >= 4 is 28.0 Å². The van der Waals surface area contributed by atoms with Crippen LogP contribution in [0.15, 0.2) is 41.5 Å². The highest BCUT2D eigenvalue weighted by Crippen LogP contribution is 2.44. The normalized spacial score (nSPS) is 13.5. The molecule has 4 heterocycles. The van der Waals surface area contributed by atoms with Gasteiger partial charge >= 0.3 is 0 Å². The molecule has 0 saturated heterocycles. The molecule has 0 atom stereocenters. The first-order valence-electron chi connectivity index (χ1n) is 11.0. The Bertz CT molecular complexity index is 1450. The van der Waals surface area contributed by atoms with Crippen molar-refractivity contribution in [2.45, 2.75) is 13.8 Å². The fraction of sp³-hybridized carbons (Fsp3) is 0.320. The van der Waals surface area contributed by atoms with Gasteiger partial charge in [0.05, 0.1) is 47.3 Å². The minimum absolute atomic E-state index is 0.000518. The Morgan fingerprint density at radius 3 is 2.48 bits per heavy atom. The number of anilines is 3. The van der Waals surface area contributed by atoms with Crippen LogP contribution in [-0.2, 0) is 14.1 Å². The van der Waals surface area contributed by atoms with Crippen LogP contribution in [0.2, 0.25) is 0 Å². The Morgan fingerprint density at radius 1 is 1.00 bits per heavy atom. The van der Waals surface area contributed by atoms with E-state index < -0.39 is 0 Å². The molecule has 4 aromatic rings. The highest BCUT2D eigenvalue weighted by atomic mass is 16.5. The SMILES string of the molecule is COc1cc(N2CCN(C)c3cc(-c4cnn(C)c4)nc(C)c32)c2cc(C)c(=O)n(C)c2c1. The Kier molecular flexibility index (Phi) is 4.88. The zero-order valence-corrected chi connectivity index (χ0v) is 19.9. The summed E-state index contributed by atoms with van der Waals surface area (Å²) < 4.78 is 9.11. The standard InChI is InChI=1S/C25H28N6O2/c1-15-9-19-21(30(5)25(15)32)10-18(33-6)11-22(19)31-8-7-28(3)23-12-20(27-16(2)24(23)31)17-13-26-29(4)14-17/h9-14H,7-8H2,1-6H3. The molecular weight excluding hydrogens is 416 g/mol. The van der Waals surface area contributed by atoms with Crippen LogP contribution in [0.1, 0.15) is 11.3 Å². The van der Waals surface area contributed by atoms with Crippen molar-refractivity contribution in [2.75, 3.05) is 37.0 Å². The molecule has 0 amide bonds. The number of likely N-dealkylation sites (N-methyl/N-ethyl adjacent to an activating group) is 1. The predicted molar refractivity (Wildman–Crippen MR) is 132 cm³/mol. The second kappa shape index (κ2) is 7.65. The zero-order valence-electron chi connectivity index (χ0n) is 19.9. The van der Waals surface area contributed by atoms with Gasteiger partial charge in [0.1, 0.15) is 5.75 Å². The van der Waals surface area contributed by atoms with Gasteiger partial charge in [0, 0.05) is 69.1 Å². The van der Waals surface area contributed by atoms with Crippen LogP contribution < -0.4 is 20.1 Å². The lowest BCUT2D eigenvalue weighted by Gasteiger charge is -2.38. The first-order chi connectivity index (χ1) is 15.8. The van der Waals surface area contributed by atoms with Gasteiger partial charge in [0.15, 0.2) is 0 Å². The van der Waals surface area contributed by atoms with Crippen LogP contribution in [0.3, 0.4) is 0 Å². The molecule has 33 heavy (non-hydrogen) atoms. The van der Waals surface area contributed by atoms with E-state index in [0.717, 1.165) is 63.8 Å². The van der Waals surface area contributed by atoms with Crippen LogP contribution in [0, 0.1) is 13.8 Å². The van der Waals surface area contributed by atoms with Crippen LogP contribution >= 0.6 is 0 Å². The Morgan fingerprint density at radius 2 is 1.79 bits per heavy atom. The molecule has 1 aliphatic rings. The van der Waals surface area contributed by atoms with Gasteiger partial charge in [-0.05, 0) is 26.0 Å². The quantitative estimate of drug-likeness (QED) is 0.481. The average Bonchev–Trinajstić information content (AvgIpc) is 3.24. The lowest BCUT2D eigenvalue weighted by molar-refractivity contribution is 0.415. The third-order valence-corrected chi connectivity index (χ3v) is 6.49. The number of aryl methyl sites for hydroxylation is 4. The number of hydrogen-bond donors (Lipinski definition) is 0. The third-order valence-electron chi connectivity index (χ3n) is 6.49. The smallest absolute Gasteiger partial charge is 0.253 e. The molecule has 0 bridgehead atoms. The minimum Gasteiger partial charge on any atom is -0.497 e. The van der Waals surface area contributed by atoms with Gasteiger partial charge in [-0.2, -0.15) is 5.10 Å². The van der Waals surface area contributed by atoms with Crippen molar-refractivity contribution in [3.63, 3.8) is 0 Å². The molecule has 0 N–H and O–H groups in total. The number of fused-ring (bicyclic) bond motifs is 2. The molecule has 0 saturated carbocycles. The molecule has 0 radical (unpaired) electrons. The first kappa shape index (κ1) is 21.1. The highest BCUT2D eigenvalue weighted by Gasteiger charge is 2.27. The molecule has 5 rings (SSSR count). The van der Waals surface area contributed by atoms with E-state index in [9.17, 15) is 4.79 Å². The van der Waals surface area contributed by atoms with Crippen molar-refractivity contribution < 1.29 is 4.74 Å². The number of pyridine rings is 2. The van der Waals surface area contributed by atoms with Crippen molar-refractivity contribution in [3.8, 4) is 17.0 Å². The molecule has 1 aromatic carbocycles. The van der Waals surface area contributed by atoms with Crippen molar-refractivity contribution in [3.05, 3.63) is 58.3 Å². The minimum atomic E-state index is -0.000518. The Balaban J connectivity index is 1.76. The van der Waals surface area contributed by atoms with Gasteiger partial charge in [-0.25, -0.2) is 0 Å². The molecular formula is C25H28N6O2. The molecule has 0 unspecified atom stereocenters. The van der Waals surface area contributed by atoms with Crippen LogP contribution in [0.5, 0.6) is 5.75 Å². The summed E-state index contributed by atoms with van der Waals surface area (Å²) in [6.45, 7) is 5.56. The van der Waals surface area contributed by atoms with E-state index in [-0.39, 0.29) is 5.56 Å². The van der Waals surface area contributed by atoms with Crippen LogP contribution in [-0.4, -0.2) is 46.6 Å². The lowest BCUT2D eigenvalue weighted by atomic mass is 10.0. The molecule has 0 fully saturated rings. The van der Waals surface area contributed by atoms with Crippen molar-refractivity contribution in [2.24, 2.45) is 14.1 Å². The topological polar surface area (TPSA) is 68.4 Å². The van der Waals surface area contributed by atoms with Crippen LogP contribution in [0.4, 0.5) is 17.1 Å². The predicted octanol–water partition coefficient (Wildman–Crippen LogP) is 3.55. The number of ether oxygens (including phenoxy) is 1. The summed E-state index contributed by atoms with van der Waals surface area (Å²) in [4.78, 5) is 22.1. The van der Waals surface area contributed by atoms with E-state index in [1.807, 2.05) is 52.5 Å². The van der Waals surface area contributed by atoms with Crippen molar-refractivity contribution in [1.82, 2.24) is 19.3 Å². The average molecular weight is 445 g/mol. The summed E-state index contributed by atoms with van der Waals surface area (Å²) in [5.74, 6) is 0.717. The van der Waals surface area contributed by atoms with Crippen molar-refractivity contribution in [1.29, 1.82) is 0 Å². The largest absolute Gasteiger partial charge is 0.497 e. The number of hydrogen-bond acceptors (Lipinski definition) is 6. The monoisotopic (exact) mass is 444 g/mol. The molecule has 170 valence electrons. The van der Waals surface area contributed by atoms with Gasteiger partial charge in [-0.15, -0.1) is 0 Å². The zero-order chi connectivity index (χ0) is 23.4. The highest BCUT2D eigenvalue weighted by molar-refractivity contribution is 5.98. The summed E-state index contributed by atoms with van der Waals surface area (Å²) >= 11 is 0. The third kappa shape index (κ3) is 3.33. The maximum absolute atomic E-state index is 12.6. The van der Waals surface area contributed by atoms with E-state index >= 15 is 0 Å². The van der Waals surface area contributed by atoms with Crippen LogP contribution in [0.25, 0.3) is 22.2 Å². The number of rotatable bonds is 3. The molecule has 0 spiro atoms. The van der Waals surface area contributed by atoms with Gasteiger partial charge in [-0.1, -0.05) is 0 Å². The summed E-state index contributed by atoms with van der Waals surface area (Å²) in [6.07, 6.45) is 3.82. The first-order valence-corrected chi connectivity index (χ1v) is 11.0. The summed E-state index contributed by atoms with van der Waals surface area (Å²) in [5, 5.41) is 5.32. The Hall–Kier alpha value is -3.81. The second-order valence-corrected chi connectivity index (χ2v) is 8.71. The van der Waals surface area contributed by atoms with E-state index in [1.54, 1.807) is 16.4 Å². The van der Waals surface area contributed by atoms with Gasteiger partial charge < -0.3 is 19.1 Å². The lowest BCUT2D eigenvalue weighted by Crippen LogP contribution is -2.37. The van der Waals surface area contributed by atoms with E-state index in [1.165, 1.54) is 0 Å². The molecule has 8 heteroatoms. The summed E-state index contributed by atoms with van der Waals surface area (Å²) in [7, 11) is 7.49. The van der Waals surface area contributed by atoms with Gasteiger partial charge in [-0.3, -0.25) is 14.5 Å². The summed E-state index contributed by atoms with van der Waals surface area (Å²) in [6, 6.07) is 8.09. The summed E-state index contributed by atoms with van der Waals surface area (Å²) in [5.41, 5.74) is 7.59. The molecule has 0 aliphatic carbocycles. The van der Waals surface area contributed by atoms with E-state index in [4.69, 9.17) is 9.72 Å². The maximum Gasteiger partial charge on any atom is 0.253 e. The van der Waals surface area contributed by atoms with E-state index in [2.05, 4.69) is 34.1 Å². The van der Waals surface area contributed by atoms with E-state index in [0.29, 0.717) is 5.56 Å². The number of aromatic nitrogens is 4. The molecule has 1 aliphatic heterocycles. The number of methoxy groups -OCH3 is 1. The van der Waals surface area contributed by atoms with Gasteiger partial charge in [0.25, 0.3) is 5.56 Å². The molecule has 3 aromatic heterocycles. The number of benzene rings is 1. The van der Waals surface area contributed by atoms with Gasteiger partial charge in [0.2, 0.25) is 0 Å². The molecule has 8 nitrogen and oxygen atoms in total. The fourth-order valence-corrected chi connectivity index (χ4v) is 4.71. The second-order valence-electron chi connectivity index (χ2n) is 8.71. The fourth-order valence-electron chi connectivity index (χ4n) is 4.71.